The van der Waals surface area contributed by atoms with Crippen molar-refractivity contribution < 1.29 is 29.0 Å². The summed E-state index contributed by atoms with van der Waals surface area (Å²) in [6.07, 6.45) is 1.68. The second-order valence-corrected chi connectivity index (χ2v) is 7.32. The van der Waals surface area contributed by atoms with E-state index in [9.17, 15) is 14.4 Å². The summed E-state index contributed by atoms with van der Waals surface area (Å²) in [6, 6.07) is 13.2. The zero-order valence-corrected chi connectivity index (χ0v) is 17.7. The molecule has 0 unspecified atom stereocenters. The summed E-state index contributed by atoms with van der Waals surface area (Å²) in [5.41, 5.74) is 1.19. The number of amides is 1. The number of methoxy groups -OCH3 is 1. The average Bonchev–Trinajstić information content (AvgIpc) is 3.06. The van der Waals surface area contributed by atoms with Crippen LogP contribution in [0.4, 0.5) is 5.69 Å². The van der Waals surface area contributed by atoms with Gasteiger partial charge in [-0.3, -0.25) is 9.69 Å². The Morgan fingerprint density at radius 1 is 1.19 bits per heavy atom. The smallest absolute Gasteiger partial charge is 0.343 e. The molecule has 9 heteroatoms. The molecule has 2 aromatic carbocycles. The number of aromatic carboxylic acids is 1. The van der Waals surface area contributed by atoms with E-state index in [4.69, 9.17) is 9.84 Å². The number of benzene rings is 2. The van der Waals surface area contributed by atoms with Crippen LogP contribution in [0.25, 0.3) is 6.08 Å². The third-order valence-electron chi connectivity index (χ3n) is 4.30. The zero-order valence-electron chi connectivity index (χ0n) is 16.9. The Morgan fingerprint density at radius 2 is 1.97 bits per heavy atom. The lowest BCUT2D eigenvalue weighted by atomic mass is 10.2. The number of thioether (sulfide) groups is 1. The fourth-order valence-electron chi connectivity index (χ4n) is 2.76. The largest absolute Gasteiger partial charge is 0.481 e. The van der Waals surface area contributed by atoms with Gasteiger partial charge in [-0.2, -0.15) is 0 Å². The number of aliphatic imine (C=N–C) groups is 1. The minimum Gasteiger partial charge on any atom is -0.481 e. The molecule has 0 atom stereocenters. The lowest BCUT2D eigenvalue weighted by Gasteiger charge is -2.12. The first-order valence-electron chi connectivity index (χ1n) is 9.35. The maximum atomic E-state index is 12.9. The van der Waals surface area contributed by atoms with E-state index in [0.29, 0.717) is 33.6 Å². The number of nitrogens with zero attached hydrogens (tertiary/aromatic N) is 2. The van der Waals surface area contributed by atoms with Crippen molar-refractivity contribution in [1.82, 2.24) is 4.90 Å². The van der Waals surface area contributed by atoms with E-state index < -0.39 is 11.9 Å². The van der Waals surface area contributed by atoms with E-state index in [1.807, 2.05) is 6.92 Å². The molecule has 0 aliphatic carbocycles. The molecule has 0 bridgehead atoms. The molecular weight excluding hydrogens is 420 g/mol. The summed E-state index contributed by atoms with van der Waals surface area (Å²) in [5, 5.41) is 9.62. The number of carboxylic acid groups (broad SMARTS) is 1. The molecule has 8 nitrogen and oxygen atoms in total. The maximum absolute atomic E-state index is 12.9. The number of esters is 1. The number of carbonyl (C=O) groups is 3. The van der Waals surface area contributed by atoms with Gasteiger partial charge >= 0.3 is 11.9 Å². The molecule has 1 aliphatic rings. The Morgan fingerprint density at radius 3 is 2.68 bits per heavy atom. The topological polar surface area (TPSA) is 106 Å². The standard InChI is InChI=1S/C22H20N2O6S/c1-3-24-20(26)18(12-14-7-4-5-10-17(14)30-13-19(25)29-2)31-22(24)23-16-9-6-8-15(11-16)21(27)28/h4-12H,3,13H2,1-2H3,(H,27,28)/b18-12-,23-22?. The van der Waals surface area contributed by atoms with E-state index in [1.54, 1.807) is 42.5 Å². The van der Waals surface area contributed by atoms with Gasteiger partial charge in [-0.1, -0.05) is 24.3 Å². The minimum absolute atomic E-state index is 0.117. The van der Waals surface area contributed by atoms with Crippen molar-refractivity contribution in [3.05, 3.63) is 64.6 Å². The molecule has 0 spiro atoms. The predicted octanol–water partition coefficient (Wildman–Crippen LogP) is 3.56. The van der Waals surface area contributed by atoms with Crippen molar-refractivity contribution in [1.29, 1.82) is 0 Å². The van der Waals surface area contributed by atoms with Gasteiger partial charge in [-0.15, -0.1) is 0 Å². The molecule has 0 radical (unpaired) electrons. The van der Waals surface area contributed by atoms with Crippen LogP contribution in [-0.2, 0) is 14.3 Å². The molecule has 1 heterocycles. The van der Waals surface area contributed by atoms with Crippen LogP contribution in [0, 0.1) is 0 Å². The van der Waals surface area contributed by atoms with Crippen molar-refractivity contribution in [2.75, 3.05) is 20.3 Å². The minimum atomic E-state index is -1.05. The number of likely N-dealkylation sites (N-methyl/N-ethyl adjacent to an activating group) is 1. The first-order chi connectivity index (χ1) is 14.9. The van der Waals surface area contributed by atoms with Gasteiger partial charge < -0.3 is 14.6 Å². The fraction of sp³-hybridized carbons (Fsp3) is 0.182. The summed E-state index contributed by atoms with van der Waals surface area (Å²) in [6.45, 7) is 1.99. The molecular formula is C22H20N2O6S. The average molecular weight is 440 g/mol. The normalized spacial score (nSPS) is 16.1. The van der Waals surface area contributed by atoms with E-state index in [0.717, 1.165) is 0 Å². The number of ether oxygens (including phenoxy) is 2. The first-order valence-corrected chi connectivity index (χ1v) is 10.2. The number of rotatable bonds is 7. The van der Waals surface area contributed by atoms with Crippen LogP contribution >= 0.6 is 11.8 Å². The molecule has 2 aromatic rings. The highest BCUT2D eigenvalue weighted by Gasteiger charge is 2.32. The summed E-state index contributed by atoms with van der Waals surface area (Å²) in [5.74, 6) is -1.34. The second-order valence-electron chi connectivity index (χ2n) is 6.31. The van der Waals surface area contributed by atoms with Crippen LogP contribution in [0.1, 0.15) is 22.8 Å². The lowest BCUT2D eigenvalue weighted by molar-refractivity contribution is -0.142. The van der Waals surface area contributed by atoms with E-state index >= 15 is 0 Å². The van der Waals surface area contributed by atoms with Gasteiger partial charge in [0.15, 0.2) is 11.8 Å². The van der Waals surface area contributed by atoms with Crippen molar-refractivity contribution >= 4 is 46.5 Å². The molecule has 1 amide bonds. The Hall–Kier alpha value is -3.59. The Bertz CT molecular complexity index is 1080. The summed E-state index contributed by atoms with van der Waals surface area (Å²) >= 11 is 1.19. The van der Waals surface area contributed by atoms with Gasteiger partial charge in [-0.25, -0.2) is 14.6 Å². The molecule has 0 saturated carbocycles. The van der Waals surface area contributed by atoms with Crippen LogP contribution in [0.5, 0.6) is 5.75 Å². The Balaban J connectivity index is 1.90. The third kappa shape index (κ3) is 5.32. The molecule has 0 aromatic heterocycles. The number of carbonyl (C=O) groups excluding carboxylic acids is 2. The van der Waals surface area contributed by atoms with Crippen molar-refractivity contribution in [2.45, 2.75) is 6.92 Å². The van der Waals surface area contributed by atoms with Gasteiger partial charge in [0.2, 0.25) is 0 Å². The van der Waals surface area contributed by atoms with Gasteiger partial charge in [0.05, 0.1) is 23.3 Å². The van der Waals surface area contributed by atoms with Crippen LogP contribution in [-0.4, -0.2) is 53.3 Å². The van der Waals surface area contributed by atoms with Crippen LogP contribution in [0.15, 0.2) is 58.4 Å². The third-order valence-corrected chi connectivity index (χ3v) is 5.31. The molecule has 1 saturated heterocycles. The van der Waals surface area contributed by atoms with Gasteiger partial charge in [0.25, 0.3) is 5.91 Å². The van der Waals surface area contributed by atoms with E-state index in [1.165, 1.54) is 35.9 Å². The number of hydrogen-bond acceptors (Lipinski definition) is 7. The van der Waals surface area contributed by atoms with E-state index in [-0.39, 0.29) is 18.1 Å². The second kappa shape index (κ2) is 9.94. The van der Waals surface area contributed by atoms with Crippen molar-refractivity contribution in [2.24, 2.45) is 4.99 Å². The molecule has 160 valence electrons. The molecule has 3 rings (SSSR count). The van der Waals surface area contributed by atoms with Gasteiger partial charge in [0, 0.05) is 12.1 Å². The monoisotopic (exact) mass is 440 g/mol. The zero-order chi connectivity index (χ0) is 22.4. The highest BCUT2D eigenvalue weighted by atomic mass is 32.2. The molecule has 1 N–H and O–H groups in total. The molecule has 31 heavy (non-hydrogen) atoms. The van der Waals surface area contributed by atoms with Crippen LogP contribution < -0.4 is 4.74 Å². The summed E-state index contributed by atoms with van der Waals surface area (Å²) in [7, 11) is 1.28. The maximum Gasteiger partial charge on any atom is 0.343 e. The molecule has 1 aliphatic heterocycles. The highest BCUT2D eigenvalue weighted by molar-refractivity contribution is 8.18. The Kier molecular flexibility index (Phi) is 7.09. The number of amidine groups is 1. The van der Waals surface area contributed by atoms with Crippen molar-refractivity contribution in [3.63, 3.8) is 0 Å². The summed E-state index contributed by atoms with van der Waals surface area (Å²) < 4.78 is 10.1. The quantitative estimate of drug-likeness (QED) is 0.518. The number of para-hydroxylation sites is 1. The SMILES string of the molecule is CCN1C(=O)/C(=C/c2ccccc2OCC(=O)OC)SC1=Nc1cccc(C(=O)O)c1. The van der Waals surface area contributed by atoms with Crippen LogP contribution in [0.3, 0.4) is 0 Å². The van der Waals surface area contributed by atoms with Crippen molar-refractivity contribution in [3.8, 4) is 5.75 Å². The lowest BCUT2D eigenvalue weighted by Crippen LogP contribution is -2.28. The number of hydrogen-bond donors (Lipinski definition) is 1. The van der Waals surface area contributed by atoms with E-state index in [2.05, 4.69) is 9.73 Å². The first kappa shape index (κ1) is 22.1. The summed E-state index contributed by atoms with van der Waals surface area (Å²) in [4.78, 5) is 41.9. The highest BCUT2D eigenvalue weighted by Crippen LogP contribution is 2.35. The molecule has 1 fully saturated rings. The number of carboxylic acids is 1. The van der Waals surface area contributed by atoms with Gasteiger partial charge in [-0.05, 0) is 49.0 Å². The van der Waals surface area contributed by atoms with Crippen LogP contribution in [0.2, 0.25) is 0 Å². The fourth-order valence-corrected chi connectivity index (χ4v) is 3.81. The predicted molar refractivity (Wildman–Crippen MR) is 117 cm³/mol. The Labute approximate surface area is 183 Å². The van der Waals surface area contributed by atoms with Gasteiger partial charge in [0.1, 0.15) is 5.75 Å².